The number of anilines is 1. The van der Waals surface area contributed by atoms with E-state index in [0.717, 1.165) is 5.69 Å². The zero-order chi connectivity index (χ0) is 17.4. The molecule has 2 aromatic rings. The number of aryl methyl sites for hydroxylation is 3. The van der Waals surface area contributed by atoms with Gasteiger partial charge in [-0.2, -0.15) is 5.10 Å². The summed E-state index contributed by atoms with van der Waals surface area (Å²) in [6.07, 6.45) is 1.29. The van der Waals surface area contributed by atoms with Gasteiger partial charge in [0.25, 0.3) is 10.0 Å². The quantitative estimate of drug-likeness (QED) is 0.859. The molecule has 0 fully saturated rings. The third-order valence-corrected chi connectivity index (χ3v) is 5.87. The summed E-state index contributed by atoms with van der Waals surface area (Å²) in [5, 5.41) is 4.89. The van der Waals surface area contributed by atoms with Crippen LogP contribution in [0.4, 0.5) is 5.69 Å². The number of hydrogen-bond acceptors (Lipinski definition) is 3. The van der Waals surface area contributed by atoms with Crippen LogP contribution in [0.2, 0.25) is 10.0 Å². The van der Waals surface area contributed by atoms with Crippen molar-refractivity contribution in [2.24, 2.45) is 7.05 Å². The molecule has 0 aliphatic heterocycles. The van der Waals surface area contributed by atoms with Gasteiger partial charge in [0, 0.05) is 12.1 Å². The maximum atomic E-state index is 12.8. The monoisotopic (exact) mass is 375 g/mol. The number of halogens is 2. The van der Waals surface area contributed by atoms with Crippen LogP contribution in [0.5, 0.6) is 0 Å². The normalized spacial score (nSPS) is 11.7. The van der Waals surface area contributed by atoms with Crippen molar-refractivity contribution in [3.63, 3.8) is 0 Å². The molecular formula is C15H19Cl2N3O2S. The van der Waals surface area contributed by atoms with Gasteiger partial charge in [-0.25, -0.2) is 8.42 Å². The molecule has 1 aromatic heterocycles. The molecule has 0 amide bonds. The Morgan fingerprint density at radius 3 is 2.39 bits per heavy atom. The topological polar surface area (TPSA) is 64.0 Å². The van der Waals surface area contributed by atoms with Gasteiger partial charge in [-0.1, -0.05) is 37.0 Å². The molecule has 0 aliphatic carbocycles. The van der Waals surface area contributed by atoms with Gasteiger partial charge < -0.3 is 0 Å². The van der Waals surface area contributed by atoms with Crippen molar-refractivity contribution in [2.75, 3.05) is 4.72 Å². The molecule has 0 saturated carbocycles. The standard InChI is InChI=1S/C15H19Cl2N3O2S/c1-5-12-15(13(6-2)20(4)18-12)19-23(21,22)14-7-9(3)10(16)8-11(14)17/h7-8,19H,5-6H2,1-4H3. The van der Waals surface area contributed by atoms with Crippen molar-refractivity contribution in [2.45, 2.75) is 38.5 Å². The molecule has 0 spiro atoms. The van der Waals surface area contributed by atoms with E-state index in [2.05, 4.69) is 9.82 Å². The number of nitrogens with one attached hydrogen (secondary N) is 1. The first-order valence-electron chi connectivity index (χ1n) is 7.24. The van der Waals surface area contributed by atoms with Crippen LogP contribution in [-0.2, 0) is 29.9 Å². The zero-order valence-corrected chi connectivity index (χ0v) is 15.8. The minimum Gasteiger partial charge on any atom is -0.276 e. The van der Waals surface area contributed by atoms with Crippen molar-refractivity contribution < 1.29 is 8.42 Å². The molecule has 1 aromatic carbocycles. The molecule has 1 heterocycles. The molecule has 0 radical (unpaired) electrons. The Balaban J connectivity index is 2.54. The van der Waals surface area contributed by atoms with Gasteiger partial charge in [0.1, 0.15) is 4.90 Å². The minimum absolute atomic E-state index is 0.00836. The van der Waals surface area contributed by atoms with Gasteiger partial charge in [0.2, 0.25) is 0 Å². The van der Waals surface area contributed by atoms with E-state index in [-0.39, 0.29) is 9.92 Å². The smallest absolute Gasteiger partial charge is 0.263 e. The highest BCUT2D eigenvalue weighted by atomic mass is 35.5. The summed E-state index contributed by atoms with van der Waals surface area (Å²) in [6.45, 7) is 5.61. The molecule has 0 bridgehead atoms. The van der Waals surface area contributed by atoms with Crippen molar-refractivity contribution in [3.8, 4) is 0 Å². The second-order valence-electron chi connectivity index (χ2n) is 5.24. The van der Waals surface area contributed by atoms with E-state index in [1.54, 1.807) is 18.7 Å². The van der Waals surface area contributed by atoms with Crippen LogP contribution in [0.3, 0.4) is 0 Å². The summed E-state index contributed by atoms with van der Waals surface area (Å²) >= 11 is 12.1. The largest absolute Gasteiger partial charge is 0.276 e. The van der Waals surface area contributed by atoms with E-state index in [0.29, 0.717) is 34.8 Å². The van der Waals surface area contributed by atoms with E-state index in [9.17, 15) is 8.42 Å². The third-order valence-electron chi connectivity index (χ3n) is 3.65. The Morgan fingerprint density at radius 1 is 1.17 bits per heavy atom. The lowest BCUT2D eigenvalue weighted by Crippen LogP contribution is -2.15. The van der Waals surface area contributed by atoms with Crippen LogP contribution in [0.15, 0.2) is 17.0 Å². The first-order valence-corrected chi connectivity index (χ1v) is 9.48. The average molecular weight is 376 g/mol. The fourth-order valence-electron chi connectivity index (χ4n) is 2.42. The lowest BCUT2D eigenvalue weighted by Gasteiger charge is -2.12. The Bertz CT molecular complexity index is 845. The molecule has 5 nitrogen and oxygen atoms in total. The second-order valence-corrected chi connectivity index (χ2v) is 7.70. The summed E-state index contributed by atoms with van der Waals surface area (Å²) in [5.74, 6) is 0. The Morgan fingerprint density at radius 2 is 1.83 bits per heavy atom. The van der Waals surface area contributed by atoms with Crippen molar-refractivity contribution in [3.05, 3.63) is 39.1 Å². The van der Waals surface area contributed by atoms with E-state index < -0.39 is 10.0 Å². The highest BCUT2D eigenvalue weighted by Crippen LogP contribution is 2.31. The highest BCUT2D eigenvalue weighted by molar-refractivity contribution is 7.92. The van der Waals surface area contributed by atoms with E-state index in [4.69, 9.17) is 23.2 Å². The maximum absolute atomic E-state index is 12.8. The molecule has 23 heavy (non-hydrogen) atoms. The SMILES string of the molecule is CCc1nn(C)c(CC)c1NS(=O)(=O)c1cc(C)c(Cl)cc1Cl. The fraction of sp³-hybridized carbons (Fsp3) is 0.400. The van der Waals surface area contributed by atoms with Crippen LogP contribution in [0.1, 0.15) is 30.8 Å². The molecule has 0 aliphatic rings. The van der Waals surface area contributed by atoms with Crippen LogP contribution < -0.4 is 4.72 Å². The fourth-order valence-corrected chi connectivity index (χ4v) is 4.37. The molecule has 126 valence electrons. The zero-order valence-electron chi connectivity index (χ0n) is 13.4. The first kappa shape index (κ1) is 18.1. The van der Waals surface area contributed by atoms with Gasteiger partial charge in [0.05, 0.1) is 22.1 Å². The third kappa shape index (κ3) is 3.49. The van der Waals surface area contributed by atoms with E-state index in [1.807, 2.05) is 13.8 Å². The Labute approximate surface area is 146 Å². The number of sulfonamides is 1. The number of benzene rings is 1. The van der Waals surface area contributed by atoms with Gasteiger partial charge in [0.15, 0.2) is 0 Å². The van der Waals surface area contributed by atoms with E-state index >= 15 is 0 Å². The molecule has 0 atom stereocenters. The highest BCUT2D eigenvalue weighted by Gasteiger charge is 2.24. The lowest BCUT2D eigenvalue weighted by molar-refractivity contribution is 0.601. The maximum Gasteiger partial charge on any atom is 0.263 e. The molecule has 0 unspecified atom stereocenters. The predicted molar refractivity (Wildman–Crippen MR) is 94.0 cm³/mol. The van der Waals surface area contributed by atoms with Gasteiger partial charge in [-0.15, -0.1) is 0 Å². The number of nitrogens with zero attached hydrogens (tertiary/aromatic N) is 2. The lowest BCUT2D eigenvalue weighted by atomic mass is 10.2. The van der Waals surface area contributed by atoms with Crippen molar-refractivity contribution in [1.29, 1.82) is 0 Å². The van der Waals surface area contributed by atoms with Crippen molar-refractivity contribution >= 4 is 38.9 Å². The van der Waals surface area contributed by atoms with Crippen LogP contribution in [0.25, 0.3) is 0 Å². The first-order chi connectivity index (χ1) is 10.7. The van der Waals surface area contributed by atoms with Gasteiger partial charge in [-0.05, 0) is 37.5 Å². The summed E-state index contributed by atoms with van der Waals surface area (Å²) in [5.41, 5.74) is 2.71. The summed E-state index contributed by atoms with van der Waals surface area (Å²) in [6, 6.07) is 2.92. The van der Waals surface area contributed by atoms with Crippen LogP contribution in [0, 0.1) is 6.92 Å². The Hall–Kier alpha value is -1.24. The number of aromatic nitrogens is 2. The Kier molecular flexibility index (Phi) is 5.28. The summed E-state index contributed by atoms with van der Waals surface area (Å²) in [7, 11) is -2.03. The van der Waals surface area contributed by atoms with E-state index in [1.165, 1.54) is 12.1 Å². The molecular weight excluding hydrogens is 357 g/mol. The summed E-state index contributed by atoms with van der Waals surface area (Å²) < 4.78 is 29.9. The molecule has 8 heteroatoms. The van der Waals surface area contributed by atoms with Crippen LogP contribution in [-0.4, -0.2) is 18.2 Å². The number of rotatable bonds is 5. The van der Waals surface area contributed by atoms with Gasteiger partial charge in [-0.3, -0.25) is 9.40 Å². The molecule has 1 N–H and O–H groups in total. The van der Waals surface area contributed by atoms with Crippen molar-refractivity contribution in [1.82, 2.24) is 9.78 Å². The number of hydrogen-bond donors (Lipinski definition) is 1. The summed E-state index contributed by atoms with van der Waals surface area (Å²) in [4.78, 5) is 0.00836. The predicted octanol–water partition coefficient (Wildman–Crippen LogP) is 3.96. The van der Waals surface area contributed by atoms with Crippen LogP contribution >= 0.6 is 23.2 Å². The minimum atomic E-state index is -3.83. The van der Waals surface area contributed by atoms with Gasteiger partial charge >= 0.3 is 0 Å². The molecule has 0 saturated heterocycles. The second kappa shape index (κ2) is 6.71. The average Bonchev–Trinajstić information content (AvgIpc) is 2.77. The molecule has 2 rings (SSSR count).